The lowest BCUT2D eigenvalue weighted by molar-refractivity contribution is 0.0475. The number of ether oxygens (including phenoxy) is 1. The summed E-state index contributed by atoms with van der Waals surface area (Å²) in [7, 11) is 1.75. The van der Waals surface area contributed by atoms with Crippen LogP contribution in [-0.2, 0) is 11.8 Å². The number of carbonyl (C=O) groups excluding carboxylic acids is 3. The van der Waals surface area contributed by atoms with Crippen LogP contribution in [0.4, 0.5) is 5.82 Å². The van der Waals surface area contributed by atoms with Crippen LogP contribution in [0.15, 0.2) is 30.5 Å². The summed E-state index contributed by atoms with van der Waals surface area (Å²) in [5.74, 6) is -0.685. The van der Waals surface area contributed by atoms with Crippen LogP contribution in [0, 0.1) is 0 Å². The maximum absolute atomic E-state index is 12.6. The van der Waals surface area contributed by atoms with Gasteiger partial charge < -0.3 is 10.1 Å². The van der Waals surface area contributed by atoms with Gasteiger partial charge in [-0.3, -0.25) is 24.0 Å². The third kappa shape index (κ3) is 2.88. The first-order valence-corrected chi connectivity index (χ1v) is 8.46. The second-order valence-corrected chi connectivity index (χ2v) is 6.45. The van der Waals surface area contributed by atoms with Gasteiger partial charge in [0, 0.05) is 31.5 Å². The first-order valence-electron chi connectivity index (χ1n) is 8.46. The number of amides is 3. The van der Waals surface area contributed by atoms with Crippen LogP contribution in [0.2, 0.25) is 0 Å². The van der Waals surface area contributed by atoms with Crippen LogP contribution in [0.1, 0.15) is 43.9 Å². The Kier molecular flexibility index (Phi) is 4.04. The van der Waals surface area contributed by atoms with Gasteiger partial charge in [0.1, 0.15) is 0 Å². The summed E-state index contributed by atoms with van der Waals surface area (Å²) in [5, 5.41) is 6.75. The lowest BCUT2D eigenvalue weighted by atomic mass is 10.1. The Balaban J connectivity index is 1.54. The minimum absolute atomic E-state index is 0.107. The van der Waals surface area contributed by atoms with E-state index in [1.165, 1.54) is 23.1 Å². The standard InChI is InChI=1S/C18H18N4O4/c1-21-7-6-15(20-21)19-16(23)11-4-5-13-14(9-11)18(25)22(17(13)24)10-12-3-2-8-26-12/h4-7,9,12H,2-3,8,10H2,1H3,(H,19,20,23)/t12-/m1/s1. The number of hydrogen-bond donors (Lipinski definition) is 1. The van der Waals surface area contributed by atoms with Crippen molar-refractivity contribution in [2.24, 2.45) is 7.05 Å². The number of rotatable bonds is 4. The zero-order valence-electron chi connectivity index (χ0n) is 14.3. The van der Waals surface area contributed by atoms with Gasteiger partial charge in [-0.1, -0.05) is 0 Å². The van der Waals surface area contributed by atoms with E-state index in [-0.39, 0.29) is 35.9 Å². The number of aromatic nitrogens is 2. The molecule has 0 aliphatic carbocycles. The van der Waals surface area contributed by atoms with E-state index in [4.69, 9.17) is 4.74 Å². The summed E-state index contributed by atoms with van der Waals surface area (Å²) in [6.45, 7) is 0.910. The van der Waals surface area contributed by atoms with Crippen molar-refractivity contribution in [2.75, 3.05) is 18.5 Å². The highest BCUT2D eigenvalue weighted by Crippen LogP contribution is 2.26. The van der Waals surface area contributed by atoms with Crippen LogP contribution in [0.5, 0.6) is 0 Å². The summed E-state index contributed by atoms with van der Waals surface area (Å²) in [6.07, 6.45) is 3.38. The monoisotopic (exact) mass is 354 g/mol. The Morgan fingerprint density at radius 3 is 2.77 bits per heavy atom. The molecule has 1 aromatic heterocycles. The van der Waals surface area contributed by atoms with Gasteiger partial charge in [0.25, 0.3) is 17.7 Å². The average molecular weight is 354 g/mol. The molecule has 2 aromatic rings. The van der Waals surface area contributed by atoms with Crippen LogP contribution in [0.25, 0.3) is 0 Å². The maximum Gasteiger partial charge on any atom is 0.261 e. The van der Waals surface area contributed by atoms with Gasteiger partial charge in [0.2, 0.25) is 0 Å². The van der Waals surface area contributed by atoms with E-state index >= 15 is 0 Å². The minimum atomic E-state index is -0.385. The molecule has 2 aliphatic heterocycles. The molecule has 1 atom stereocenters. The van der Waals surface area contributed by atoms with Crippen molar-refractivity contribution in [3.05, 3.63) is 47.2 Å². The van der Waals surface area contributed by atoms with Gasteiger partial charge >= 0.3 is 0 Å². The molecule has 26 heavy (non-hydrogen) atoms. The predicted molar refractivity (Wildman–Crippen MR) is 91.9 cm³/mol. The summed E-state index contributed by atoms with van der Waals surface area (Å²) in [6, 6.07) is 6.20. The molecule has 1 fully saturated rings. The number of imide groups is 1. The first-order chi connectivity index (χ1) is 12.5. The molecule has 0 radical (unpaired) electrons. The minimum Gasteiger partial charge on any atom is -0.376 e. The highest BCUT2D eigenvalue weighted by Gasteiger charge is 2.37. The molecule has 0 unspecified atom stereocenters. The van der Waals surface area contributed by atoms with E-state index in [0.29, 0.717) is 23.6 Å². The lowest BCUT2D eigenvalue weighted by Gasteiger charge is -2.17. The van der Waals surface area contributed by atoms with E-state index in [1.54, 1.807) is 24.0 Å². The van der Waals surface area contributed by atoms with Crippen molar-refractivity contribution < 1.29 is 19.1 Å². The van der Waals surface area contributed by atoms with Crippen LogP contribution in [-0.4, -0.2) is 51.7 Å². The molecule has 8 heteroatoms. The lowest BCUT2D eigenvalue weighted by Crippen LogP contribution is -2.36. The average Bonchev–Trinajstić information content (AvgIpc) is 3.33. The second-order valence-electron chi connectivity index (χ2n) is 6.45. The fourth-order valence-corrected chi connectivity index (χ4v) is 3.26. The third-order valence-electron chi connectivity index (χ3n) is 4.60. The fourth-order valence-electron chi connectivity index (χ4n) is 3.26. The smallest absolute Gasteiger partial charge is 0.261 e. The number of carbonyl (C=O) groups is 3. The van der Waals surface area contributed by atoms with Crippen molar-refractivity contribution >= 4 is 23.5 Å². The van der Waals surface area contributed by atoms with Gasteiger partial charge in [-0.25, -0.2) is 0 Å². The summed E-state index contributed by atoms with van der Waals surface area (Å²) in [5.41, 5.74) is 0.874. The summed E-state index contributed by atoms with van der Waals surface area (Å²) >= 11 is 0. The molecular formula is C18H18N4O4. The Bertz CT molecular complexity index is 898. The van der Waals surface area contributed by atoms with E-state index in [2.05, 4.69) is 10.4 Å². The number of hydrogen-bond acceptors (Lipinski definition) is 5. The summed E-state index contributed by atoms with van der Waals surface area (Å²) < 4.78 is 7.09. The highest BCUT2D eigenvalue weighted by atomic mass is 16.5. The molecule has 8 nitrogen and oxygen atoms in total. The molecule has 1 saturated heterocycles. The van der Waals surface area contributed by atoms with Crippen molar-refractivity contribution in [3.8, 4) is 0 Å². The van der Waals surface area contributed by atoms with E-state index in [9.17, 15) is 14.4 Å². The quantitative estimate of drug-likeness (QED) is 0.839. The number of nitrogens with one attached hydrogen (secondary N) is 1. The topological polar surface area (TPSA) is 93.5 Å². The fraction of sp³-hybridized carbons (Fsp3) is 0.333. The molecule has 4 rings (SSSR count). The Labute approximate surface area is 149 Å². The van der Waals surface area contributed by atoms with Crippen molar-refractivity contribution in [2.45, 2.75) is 18.9 Å². The molecule has 134 valence electrons. The Morgan fingerprint density at radius 2 is 2.08 bits per heavy atom. The number of nitrogens with zero attached hydrogens (tertiary/aromatic N) is 3. The first kappa shape index (κ1) is 16.5. The Morgan fingerprint density at radius 1 is 1.27 bits per heavy atom. The van der Waals surface area contributed by atoms with E-state index in [0.717, 1.165) is 12.8 Å². The summed E-state index contributed by atoms with van der Waals surface area (Å²) in [4.78, 5) is 38.7. The van der Waals surface area contributed by atoms with Crippen molar-refractivity contribution in [3.63, 3.8) is 0 Å². The second kappa shape index (κ2) is 6.38. The van der Waals surface area contributed by atoms with E-state index in [1.807, 2.05) is 0 Å². The van der Waals surface area contributed by atoms with Gasteiger partial charge in [-0.2, -0.15) is 5.10 Å². The van der Waals surface area contributed by atoms with Crippen LogP contribution < -0.4 is 5.32 Å². The zero-order valence-corrected chi connectivity index (χ0v) is 14.3. The molecule has 0 saturated carbocycles. The normalized spacial score (nSPS) is 19.1. The van der Waals surface area contributed by atoms with Crippen LogP contribution in [0.3, 0.4) is 0 Å². The number of aryl methyl sites for hydroxylation is 1. The van der Waals surface area contributed by atoms with E-state index < -0.39 is 0 Å². The van der Waals surface area contributed by atoms with Gasteiger partial charge in [-0.05, 0) is 31.0 Å². The molecule has 0 spiro atoms. The van der Waals surface area contributed by atoms with Gasteiger partial charge in [0.05, 0.1) is 23.8 Å². The van der Waals surface area contributed by atoms with Crippen LogP contribution >= 0.6 is 0 Å². The number of fused-ring (bicyclic) bond motifs is 1. The molecule has 1 aromatic carbocycles. The molecule has 3 amide bonds. The number of benzene rings is 1. The zero-order chi connectivity index (χ0) is 18.3. The van der Waals surface area contributed by atoms with Crippen molar-refractivity contribution in [1.82, 2.24) is 14.7 Å². The third-order valence-corrected chi connectivity index (χ3v) is 4.60. The largest absolute Gasteiger partial charge is 0.376 e. The molecule has 3 heterocycles. The number of anilines is 1. The molecule has 1 N–H and O–H groups in total. The molecule has 0 bridgehead atoms. The SMILES string of the molecule is Cn1ccc(NC(=O)c2ccc3c(c2)C(=O)N(C[C@H]2CCCO2)C3=O)n1. The molecular weight excluding hydrogens is 336 g/mol. The maximum atomic E-state index is 12.6. The molecule has 2 aliphatic rings. The van der Waals surface area contributed by atoms with Crippen molar-refractivity contribution in [1.29, 1.82) is 0 Å². The predicted octanol–water partition coefficient (Wildman–Crippen LogP) is 1.45. The Hall–Kier alpha value is -3.00. The van der Waals surface area contributed by atoms with Gasteiger partial charge in [-0.15, -0.1) is 0 Å². The highest BCUT2D eigenvalue weighted by molar-refractivity contribution is 6.22. The van der Waals surface area contributed by atoms with Gasteiger partial charge in [0.15, 0.2) is 5.82 Å².